The minimum Gasteiger partial charge on any atom is -0.272 e. The summed E-state index contributed by atoms with van der Waals surface area (Å²) in [6, 6.07) is 0. The number of allylic oxidation sites excluding steroid dienone is 2. The number of aliphatic imine (C=N–C) groups is 1. The van der Waals surface area contributed by atoms with E-state index in [9.17, 15) is 0 Å². The third-order valence-corrected chi connectivity index (χ3v) is 1.12. The van der Waals surface area contributed by atoms with E-state index in [-0.39, 0.29) is 0 Å². The van der Waals surface area contributed by atoms with Gasteiger partial charge in [-0.3, -0.25) is 4.99 Å². The molecule has 0 aromatic carbocycles. The van der Waals surface area contributed by atoms with Gasteiger partial charge in [0.25, 0.3) is 0 Å². The Morgan fingerprint density at radius 1 is 1.36 bits per heavy atom. The van der Waals surface area contributed by atoms with Crippen LogP contribution in [0.5, 0.6) is 0 Å². The standard InChI is InChI=1S/C6H9N.C4H10/c1-4-6(2)5-7-3;1-3-4-2/h4-5H,1,3H2,2H3;3-4H2,1-2H3/b6-5-;. The van der Waals surface area contributed by atoms with E-state index < -0.39 is 0 Å². The van der Waals surface area contributed by atoms with Gasteiger partial charge in [0, 0.05) is 6.20 Å². The van der Waals surface area contributed by atoms with Crippen LogP contribution >= 0.6 is 0 Å². The van der Waals surface area contributed by atoms with Crippen molar-refractivity contribution in [3.63, 3.8) is 0 Å². The second kappa shape index (κ2) is 11.9. The zero-order chi connectivity index (χ0) is 9.11. The quantitative estimate of drug-likeness (QED) is 0.434. The molecule has 0 aliphatic heterocycles. The fourth-order valence-electron chi connectivity index (χ4n) is 0.197. The average molecular weight is 153 g/mol. The largest absolute Gasteiger partial charge is 0.272 e. The van der Waals surface area contributed by atoms with E-state index in [0.29, 0.717) is 0 Å². The lowest BCUT2D eigenvalue weighted by Gasteiger charge is -1.79. The van der Waals surface area contributed by atoms with Gasteiger partial charge in [0.05, 0.1) is 0 Å². The van der Waals surface area contributed by atoms with Crippen LogP contribution in [0.1, 0.15) is 33.6 Å². The zero-order valence-corrected chi connectivity index (χ0v) is 7.93. The predicted octanol–water partition coefficient (Wildman–Crippen LogP) is 3.58. The molecular weight excluding hydrogens is 134 g/mol. The lowest BCUT2D eigenvalue weighted by Crippen LogP contribution is -1.59. The minimum absolute atomic E-state index is 1.04. The number of rotatable bonds is 3. The second-order valence-electron chi connectivity index (χ2n) is 2.26. The number of hydrogen-bond donors (Lipinski definition) is 0. The lowest BCUT2D eigenvalue weighted by molar-refractivity contribution is 0.886. The summed E-state index contributed by atoms with van der Waals surface area (Å²) in [5.74, 6) is 0. The molecule has 0 fully saturated rings. The van der Waals surface area contributed by atoms with Crippen molar-refractivity contribution in [2.45, 2.75) is 33.6 Å². The molecule has 0 aromatic rings. The maximum atomic E-state index is 3.52. The molecule has 0 aliphatic carbocycles. The van der Waals surface area contributed by atoms with Gasteiger partial charge in [-0.1, -0.05) is 39.3 Å². The summed E-state index contributed by atoms with van der Waals surface area (Å²) in [5.41, 5.74) is 1.04. The van der Waals surface area contributed by atoms with E-state index in [2.05, 4.69) is 32.1 Å². The molecule has 0 rings (SSSR count). The highest BCUT2D eigenvalue weighted by molar-refractivity contribution is 5.27. The molecule has 0 aromatic heterocycles. The maximum Gasteiger partial charge on any atom is 0.0289 e. The Balaban J connectivity index is 0. The molecule has 0 heterocycles. The molecule has 0 unspecified atom stereocenters. The Kier molecular flexibility index (Phi) is 13.8. The average Bonchev–Trinajstić information content (AvgIpc) is 2.05. The lowest BCUT2D eigenvalue weighted by atomic mass is 10.3. The van der Waals surface area contributed by atoms with Crippen LogP contribution in [0.3, 0.4) is 0 Å². The fourth-order valence-corrected chi connectivity index (χ4v) is 0.197. The molecule has 0 saturated carbocycles. The third-order valence-electron chi connectivity index (χ3n) is 1.12. The monoisotopic (exact) mass is 153 g/mol. The Morgan fingerprint density at radius 2 is 1.82 bits per heavy atom. The van der Waals surface area contributed by atoms with Gasteiger partial charge >= 0.3 is 0 Å². The van der Waals surface area contributed by atoms with Gasteiger partial charge < -0.3 is 0 Å². The van der Waals surface area contributed by atoms with Crippen molar-refractivity contribution in [2.75, 3.05) is 0 Å². The molecular formula is C10H19N. The Morgan fingerprint density at radius 3 is 1.91 bits per heavy atom. The van der Waals surface area contributed by atoms with Crippen LogP contribution in [0.15, 0.2) is 29.4 Å². The third kappa shape index (κ3) is 17.6. The molecule has 0 atom stereocenters. The van der Waals surface area contributed by atoms with Crippen molar-refractivity contribution in [1.82, 2.24) is 0 Å². The van der Waals surface area contributed by atoms with Crippen LogP contribution in [0, 0.1) is 0 Å². The molecule has 0 aliphatic rings. The minimum atomic E-state index is 1.04. The first kappa shape index (κ1) is 12.8. The Hall–Kier alpha value is -0.850. The summed E-state index contributed by atoms with van der Waals surface area (Å²) >= 11 is 0. The topological polar surface area (TPSA) is 12.4 Å². The normalized spacial score (nSPS) is 9.55. The highest BCUT2D eigenvalue weighted by atomic mass is 14.6. The summed E-state index contributed by atoms with van der Waals surface area (Å²) in [6.07, 6.45) is 6.03. The van der Waals surface area contributed by atoms with Crippen LogP contribution in [-0.4, -0.2) is 6.72 Å². The van der Waals surface area contributed by atoms with Gasteiger partial charge in [0.2, 0.25) is 0 Å². The Labute approximate surface area is 70.5 Å². The van der Waals surface area contributed by atoms with Gasteiger partial charge in [0.15, 0.2) is 0 Å². The summed E-state index contributed by atoms with van der Waals surface area (Å²) < 4.78 is 0. The van der Waals surface area contributed by atoms with Gasteiger partial charge in [-0.25, -0.2) is 0 Å². The van der Waals surface area contributed by atoms with E-state index in [1.807, 2.05) is 6.92 Å². The van der Waals surface area contributed by atoms with Crippen molar-refractivity contribution < 1.29 is 0 Å². The van der Waals surface area contributed by atoms with Gasteiger partial charge in [-0.05, 0) is 19.2 Å². The Bertz CT molecular complexity index is 121. The molecule has 64 valence electrons. The molecule has 1 nitrogen and oxygen atoms in total. The molecule has 0 N–H and O–H groups in total. The number of nitrogens with zero attached hydrogens (tertiary/aromatic N) is 1. The zero-order valence-electron chi connectivity index (χ0n) is 7.93. The van der Waals surface area contributed by atoms with Crippen LogP contribution in [0.2, 0.25) is 0 Å². The number of unbranched alkanes of at least 4 members (excludes halogenated alkanes) is 1. The van der Waals surface area contributed by atoms with E-state index >= 15 is 0 Å². The van der Waals surface area contributed by atoms with E-state index in [1.54, 1.807) is 12.3 Å². The highest BCUT2D eigenvalue weighted by Gasteiger charge is 1.69. The first-order valence-corrected chi connectivity index (χ1v) is 3.97. The first-order chi connectivity index (χ1) is 5.22. The fraction of sp³-hybridized carbons (Fsp3) is 0.500. The second-order valence-corrected chi connectivity index (χ2v) is 2.26. The van der Waals surface area contributed by atoms with Crippen LogP contribution in [0.4, 0.5) is 0 Å². The summed E-state index contributed by atoms with van der Waals surface area (Å²) in [6.45, 7) is 13.1. The predicted molar refractivity (Wildman–Crippen MR) is 54.1 cm³/mol. The molecule has 0 amide bonds. The van der Waals surface area contributed by atoms with Crippen molar-refractivity contribution in [3.8, 4) is 0 Å². The van der Waals surface area contributed by atoms with Gasteiger partial charge in [0.1, 0.15) is 0 Å². The van der Waals surface area contributed by atoms with Crippen molar-refractivity contribution in [2.24, 2.45) is 4.99 Å². The van der Waals surface area contributed by atoms with Crippen molar-refractivity contribution in [3.05, 3.63) is 24.4 Å². The van der Waals surface area contributed by atoms with Crippen LogP contribution in [0.25, 0.3) is 0 Å². The first-order valence-electron chi connectivity index (χ1n) is 3.97. The van der Waals surface area contributed by atoms with Crippen molar-refractivity contribution in [1.29, 1.82) is 0 Å². The highest BCUT2D eigenvalue weighted by Crippen LogP contribution is 1.89. The molecule has 0 saturated heterocycles. The summed E-state index contributed by atoms with van der Waals surface area (Å²) in [4.78, 5) is 3.52. The van der Waals surface area contributed by atoms with E-state index in [4.69, 9.17) is 0 Å². The molecule has 0 radical (unpaired) electrons. The van der Waals surface area contributed by atoms with Crippen molar-refractivity contribution >= 4 is 6.72 Å². The molecule has 0 spiro atoms. The summed E-state index contributed by atoms with van der Waals surface area (Å²) in [5, 5.41) is 0. The van der Waals surface area contributed by atoms with E-state index in [1.165, 1.54) is 12.8 Å². The smallest absolute Gasteiger partial charge is 0.0289 e. The van der Waals surface area contributed by atoms with Gasteiger partial charge in [-0.15, -0.1) is 0 Å². The molecule has 0 bridgehead atoms. The van der Waals surface area contributed by atoms with Crippen LogP contribution in [-0.2, 0) is 0 Å². The number of hydrogen-bond acceptors (Lipinski definition) is 1. The maximum absolute atomic E-state index is 3.52. The van der Waals surface area contributed by atoms with Gasteiger partial charge in [-0.2, -0.15) is 0 Å². The summed E-state index contributed by atoms with van der Waals surface area (Å²) in [7, 11) is 0. The molecule has 1 heteroatoms. The van der Waals surface area contributed by atoms with E-state index in [0.717, 1.165) is 5.57 Å². The SMILES string of the molecule is C=C/C(C)=C\N=C.CCCC. The van der Waals surface area contributed by atoms with Crippen LogP contribution < -0.4 is 0 Å². The molecule has 11 heavy (non-hydrogen) atoms.